The summed E-state index contributed by atoms with van der Waals surface area (Å²) in [4.78, 5) is 11.3. The Morgan fingerprint density at radius 2 is 1.84 bits per heavy atom. The van der Waals surface area contributed by atoms with Crippen molar-refractivity contribution >= 4 is 5.97 Å². The highest BCUT2D eigenvalue weighted by atomic mass is 16.4. The number of hydrogen-bond acceptors (Lipinski definition) is 3. The third-order valence-corrected chi connectivity index (χ3v) is 2.97. The number of benzene rings is 1. The van der Waals surface area contributed by atoms with E-state index in [1.807, 2.05) is 44.2 Å². The van der Waals surface area contributed by atoms with Gasteiger partial charge in [-0.25, -0.2) is 0 Å². The highest BCUT2D eigenvalue weighted by Gasteiger charge is 2.19. The van der Waals surface area contributed by atoms with E-state index in [-0.39, 0.29) is 0 Å². The lowest BCUT2D eigenvalue weighted by atomic mass is 9.99. The number of aliphatic carboxylic acids is 1. The quantitative estimate of drug-likeness (QED) is 0.671. The number of carbonyl (C=O) groups is 1. The first kappa shape index (κ1) is 15.7. The average molecular weight is 265 g/mol. The van der Waals surface area contributed by atoms with E-state index < -0.39 is 18.0 Å². The number of nitrogens with one attached hydrogen (secondary N) is 1. The molecule has 1 aromatic carbocycles. The second kappa shape index (κ2) is 7.92. The Bertz CT molecular complexity index is 378. The molecule has 0 amide bonds. The summed E-state index contributed by atoms with van der Waals surface area (Å²) in [5.41, 5.74) is 0.779. The van der Waals surface area contributed by atoms with Crippen molar-refractivity contribution in [3.05, 3.63) is 35.9 Å². The topological polar surface area (TPSA) is 69.6 Å². The lowest BCUT2D eigenvalue weighted by Crippen LogP contribution is -2.33. The van der Waals surface area contributed by atoms with Gasteiger partial charge in [-0.3, -0.25) is 4.79 Å². The minimum Gasteiger partial charge on any atom is -0.481 e. The first-order chi connectivity index (χ1) is 9.00. The van der Waals surface area contributed by atoms with E-state index in [4.69, 9.17) is 0 Å². The summed E-state index contributed by atoms with van der Waals surface area (Å²) in [6.45, 7) is 4.85. The molecule has 0 aliphatic carbocycles. The standard InChI is InChI=1S/C15H23NO3/c1-11(2)8-13(17)9-16-10-14(15(18)19)12-6-4-3-5-7-12/h3-7,11,13-14,16-17H,8-10H2,1-2H3,(H,18,19). The van der Waals surface area contributed by atoms with Crippen molar-refractivity contribution in [3.63, 3.8) is 0 Å². The van der Waals surface area contributed by atoms with Crippen LogP contribution in [0.2, 0.25) is 0 Å². The number of aliphatic hydroxyl groups excluding tert-OH is 1. The van der Waals surface area contributed by atoms with Gasteiger partial charge in [-0.05, 0) is 17.9 Å². The molecular formula is C15H23NO3. The van der Waals surface area contributed by atoms with E-state index in [9.17, 15) is 15.0 Å². The summed E-state index contributed by atoms with van der Waals surface area (Å²) in [5.74, 6) is -0.995. The van der Waals surface area contributed by atoms with Crippen molar-refractivity contribution in [3.8, 4) is 0 Å². The third-order valence-electron chi connectivity index (χ3n) is 2.97. The SMILES string of the molecule is CC(C)CC(O)CNCC(C(=O)O)c1ccccc1. The van der Waals surface area contributed by atoms with Crippen LogP contribution >= 0.6 is 0 Å². The Hall–Kier alpha value is -1.39. The van der Waals surface area contributed by atoms with Gasteiger partial charge in [-0.2, -0.15) is 0 Å². The van der Waals surface area contributed by atoms with Crippen molar-refractivity contribution < 1.29 is 15.0 Å². The molecule has 1 rings (SSSR count). The summed E-state index contributed by atoms with van der Waals surface area (Å²) in [6.07, 6.45) is 0.293. The first-order valence-electron chi connectivity index (χ1n) is 6.67. The van der Waals surface area contributed by atoms with Gasteiger partial charge >= 0.3 is 5.97 Å². The first-order valence-corrected chi connectivity index (χ1v) is 6.67. The molecule has 0 heterocycles. The molecule has 2 atom stereocenters. The number of aliphatic hydroxyl groups is 1. The summed E-state index contributed by atoms with van der Waals surface area (Å²) in [6, 6.07) is 9.15. The Labute approximate surface area is 114 Å². The normalized spacial score (nSPS) is 14.3. The van der Waals surface area contributed by atoms with Crippen molar-refractivity contribution in [1.82, 2.24) is 5.32 Å². The largest absolute Gasteiger partial charge is 0.481 e. The number of carboxylic acid groups (broad SMARTS) is 1. The molecule has 0 radical (unpaired) electrons. The van der Waals surface area contributed by atoms with Gasteiger partial charge in [-0.1, -0.05) is 44.2 Å². The molecule has 0 spiro atoms. The Balaban J connectivity index is 2.46. The molecule has 1 aromatic rings. The molecule has 0 aliphatic rings. The van der Waals surface area contributed by atoms with Crippen LogP contribution < -0.4 is 5.32 Å². The van der Waals surface area contributed by atoms with Crippen LogP contribution in [0.4, 0.5) is 0 Å². The minimum absolute atomic E-state index is 0.328. The van der Waals surface area contributed by atoms with E-state index in [1.54, 1.807) is 0 Å². The predicted octanol–water partition coefficient (Wildman–Crippen LogP) is 1.85. The van der Waals surface area contributed by atoms with Crippen LogP contribution in [-0.2, 0) is 4.79 Å². The summed E-state index contributed by atoms with van der Waals surface area (Å²) in [5, 5.41) is 22.0. The predicted molar refractivity (Wildman–Crippen MR) is 75.2 cm³/mol. The van der Waals surface area contributed by atoms with E-state index in [2.05, 4.69) is 5.32 Å². The third kappa shape index (κ3) is 5.85. The van der Waals surface area contributed by atoms with Gasteiger partial charge in [0, 0.05) is 13.1 Å². The molecule has 19 heavy (non-hydrogen) atoms. The molecule has 0 saturated carbocycles. The van der Waals surface area contributed by atoms with Crippen molar-refractivity contribution in [1.29, 1.82) is 0 Å². The maximum atomic E-state index is 11.3. The maximum absolute atomic E-state index is 11.3. The van der Waals surface area contributed by atoms with Gasteiger partial charge in [-0.15, -0.1) is 0 Å². The van der Waals surface area contributed by atoms with Crippen LogP contribution in [0.3, 0.4) is 0 Å². The van der Waals surface area contributed by atoms with Crippen LogP contribution in [0, 0.1) is 5.92 Å². The Kier molecular flexibility index (Phi) is 6.53. The van der Waals surface area contributed by atoms with E-state index >= 15 is 0 Å². The van der Waals surface area contributed by atoms with Crippen molar-refractivity contribution in [2.75, 3.05) is 13.1 Å². The van der Waals surface area contributed by atoms with E-state index in [0.717, 1.165) is 12.0 Å². The smallest absolute Gasteiger partial charge is 0.312 e. The number of hydrogen-bond donors (Lipinski definition) is 3. The van der Waals surface area contributed by atoms with E-state index in [1.165, 1.54) is 0 Å². The van der Waals surface area contributed by atoms with Crippen molar-refractivity contribution in [2.24, 2.45) is 5.92 Å². The number of rotatable bonds is 8. The molecule has 0 saturated heterocycles. The Morgan fingerprint density at radius 3 is 2.37 bits per heavy atom. The summed E-state index contributed by atoms with van der Waals surface area (Å²) >= 11 is 0. The maximum Gasteiger partial charge on any atom is 0.312 e. The van der Waals surface area contributed by atoms with Gasteiger partial charge in [0.25, 0.3) is 0 Å². The monoisotopic (exact) mass is 265 g/mol. The fraction of sp³-hybridized carbons (Fsp3) is 0.533. The van der Waals surface area contributed by atoms with Gasteiger partial charge < -0.3 is 15.5 Å². The molecule has 0 fully saturated rings. The fourth-order valence-electron chi connectivity index (χ4n) is 2.05. The summed E-state index contributed by atoms with van der Waals surface area (Å²) < 4.78 is 0. The van der Waals surface area contributed by atoms with E-state index in [0.29, 0.717) is 19.0 Å². The summed E-state index contributed by atoms with van der Waals surface area (Å²) in [7, 11) is 0. The average Bonchev–Trinajstić information content (AvgIpc) is 2.34. The van der Waals surface area contributed by atoms with Crippen LogP contribution in [-0.4, -0.2) is 35.4 Å². The second-order valence-corrected chi connectivity index (χ2v) is 5.24. The molecule has 0 bridgehead atoms. The molecule has 3 N–H and O–H groups in total. The molecule has 2 unspecified atom stereocenters. The van der Waals surface area contributed by atoms with Gasteiger partial charge in [0.1, 0.15) is 0 Å². The minimum atomic E-state index is -0.850. The Morgan fingerprint density at radius 1 is 1.21 bits per heavy atom. The molecule has 106 valence electrons. The zero-order valence-electron chi connectivity index (χ0n) is 11.5. The fourth-order valence-corrected chi connectivity index (χ4v) is 2.05. The van der Waals surface area contributed by atoms with Crippen molar-refractivity contribution in [2.45, 2.75) is 32.3 Å². The van der Waals surface area contributed by atoms with Crippen LogP contribution in [0.1, 0.15) is 31.7 Å². The number of carboxylic acids is 1. The highest BCUT2D eigenvalue weighted by molar-refractivity contribution is 5.76. The molecule has 0 aromatic heterocycles. The lowest BCUT2D eigenvalue weighted by molar-refractivity contribution is -0.138. The van der Waals surface area contributed by atoms with Gasteiger partial charge in [0.05, 0.1) is 12.0 Å². The van der Waals surface area contributed by atoms with Gasteiger partial charge in [0.2, 0.25) is 0 Å². The van der Waals surface area contributed by atoms with Crippen LogP contribution in [0.25, 0.3) is 0 Å². The second-order valence-electron chi connectivity index (χ2n) is 5.24. The molecule has 4 heteroatoms. The molecule has 4 nitrogen and oxygen atoms in total. The molecular weight excluding hydrogens is 242 g/mol. The zero-order valence-corrected chi connectivity index (χ0v) is 11.5. The van der Waals surface area contributed by atoms with Crippen LogP contribution in [0.5, 0.6) is 0 Å². The zero-order chi connectivity index (χ0) is 14.3. The molecule has 0 aliphatic heterocycles. The highest BCUT2D eigenvalue weighted by Crippen LogP contribution is 2.14. The van der Waals surface area contributed by atoms with Crippen LogP contribution in [0.15, 0.2) is 30.3 Å². The van der Waals surface area contributed by atoms with Gasteiger partial charge in [0.15, 0.2) is 0 Å². The lowest BCUT2D eigenvalue weighted by Gasteiger charge is -2.17.